The zero-order valence-electron chi connectivity index (χ0n) is 15.3. The van der Waals surface area contributed by atoms with Gasteiger partial charge in [0.05, 0.1) is 20.1 Å². The number of imide groups is 1. The number of halogens is 4. The zero-order chi connectivity index (χ0) is 21.1. The number of nitrogens with one attached hydrogen (secondary N) is 1. The van der Waals surface area contributed by atoms with Gasteiger partial charge in [0.2, 0.25) is 0 Å². The van der Waals surface area contributed by atoms with Crippen LogP contribution in [0.2, 0.25) is 20.1 Å². The summed E-state index contributed by atoms with van der Waals surface area (Å²) in [6.07, 6.45) is 2.20. The van der Waals surface area contributed by atoms with E-state index in [2.05, 4.69) is 5.32 Å². The van der Waals surface area contributed by atoms with E-state index < -0.39 is 6.03 Å². The van der Waals surface area contributed by atoms with Crippen molar-refractivity contribution in [2.24, 2.45) is 0 Å². The van der Waals surface area contributed by atoms with Gasteiger partial charge in [0.1, 0.15) is 12.3 Å². The van der Waals surface area contributed by atoms with Crippen molar-refractivity contribution in [3.05, 3.63) is 67.2 Å². The van der Waals surface area contributed by atoms with E-state index in [0.29, 0.717) is 34.3 Å². The molecule has 152 valence electrons. The lowest BCUT2D eigenvalue weighted by molar-refractivity contribution is -0.122. The van der Waals surface area contributed by atoms with Gasteiger partial charge in [-0.1, -0.05) is 59.4 Å². The van der Waals surface area contributed by atoms with Crippen LogP contribution >= 0.6 is 46.4 Å². The lowest BCUT2D eigenvalue weighted by Crippen LogP contribution is -2.31. The molecule has 2 aromatic carbocycles. The molecule has 0 unspecified atom stereocenters. The van der Waals surface area contributed by atoms with Crippen molar-refractivity contribution in [3.8, 4) is 5.75 Å². The third-order valence-corrected chi connectivity index (χ3v) is 5.41. The Labute approximate surface area is 188 Å². The number of amides is 3. The smallest absolute Gasteiger partial charge is 0.329 e. The van der Waals surface area contributed by atoms with Crippen LogP contribution in [0.4, 0.5) is 4.79 Å². The molecule has 0 bridgehead atoms. The maximum atomic E-state index is 12.3. The van der Waals surface area contributed by atoms with Crippen molar-refractivity contribution in [3.63, 3.8) is 0 Å². The quantitative estimate of drug-likeness (QED) is 0.402. The molecule has 1 N–H and O–H groups in total. The van der Waals surface area contributed by atoms with Gasteiger partial charge in [-0.05, 0) is 47.9 Å². The maximum absolute atomic E-state index is 12.3. The van der Waals surface area contributed by atoms with Crippen molar-refractivity contribution < 1.29 is 14.3 Å². The van der Waals surface area contributed by atoms with Crippen molar-refractivity contribution in [1.82, 2.24) is 10.2 Å². The average Bonchev–Trinajstić information content (AvgIpc) is 2.91. The van der Waals surface area contributed by atoms with Gasteiger partial charge < -0.3 is 10.1 Å². The SMILES string of the molecule is CCCN1C(=O)N/C(=C/c2cc(Cl)c(OCc3ccc(Cl)c(Cl)c3)c(Cl)c2)C1=O. The minimum atomic E-state index is -0.443. The van der Waals surface area contributed by atoms with Crippen LogP contribution < -0.4 is 10.1 Å². The second kappa shape index (κ2) is 9.26. The minimum Gasteiger partial charge on any atom is -0.486 e. The summed E-state index contributed by atoms with van der Waals surface area (Å²) in [7, 11) is 0. The minimum absolute atomic E-state index is 0.167. The van der Waals surface area contributed by atoms with Crippen molar-refractivity contribution in [2.75, 3.05) is 6.54 Å². The van der Waals surface area contributed by atoms with E-state index in [4.69, 9.17) is 51.1 Å². The van der Waals surface area contributed by atoms with Gasteiger partial charge >= 0.3 is 6.03 Å². The second-order valence-corrected chi connectivity index (χ2v) is 7.92. The summed E-state index contributed by atoms with van der Waals surface area (Å²) < 4.78 is 5.73. The summed E-state index contributed by atoms with van der Waals surface area (Å²) in [5.41, 5.74) is 1.52. The first-order valence-electron chi connectivity index (χ1n) is 8.70. The highest BCUT2D eigenvalue weighted by Crippen LogP contribution is 2.36. The standard InChI is InChI=1S/C20H16Cl4N2O3/c1-2-5-26-19(27)17(25-20(26)28)9-12-7-15(23)18(16(24)8-12)29-10-11-3-4-13(21)14(22)6-11/h3-4,6-9H,2,5,10H2,1H3,(H,25,28)/b17-9+. The molecule has 9 heteroatoms. The van der Waals surface area contributed by atoms with Gasteiger partial charge in [0.15, 0.2) is 5.75 Å². The Morgan fingerprint density at radius 1 is 1.00 bits per heavy atom. The number of hydrogen-bond acceptors (Lipinski definition) is 3. The topological polar surface area (TPSA) is 58.6 Å². The number of benzene rings is 2. The van der Waals surface area contributed by atoms with Gasteiger partial charge in [-0.25, -0.2) is 4.79 Å². The number of rotatable bonds is 6. The normalized spacial score (nSPS) is 15.2. The van der Waals surface area contributed by atoms with E-state index >= 15 is 0 Å². The van der Waals surface area contributed by atoms with E-state index in [1.165, 1.54) is 6.08 Å². The van der Waals surface area contributed by atoms with Gasteiger partial charge in [-0.15, -0.1) is 0 Å². The molecule has 0 aromatic heterocycles. The first kappa shape index (κ1) is 21.8. The highest BCUT2D eigenvalue weighted by molar-refractivity contribution is 6.42. The number of nitrogens with zero attached hydrogens (tertiary/aromatic N) is 1. The molecule has 1 saturated heterocycles. The Hall–Kier alpha value is -1.92. The second-order valence-electron chi connectivity index (χ2n) is 6.30. The molecule has 1 heterocycles. The molecule has 29 heavy (non-hydrogen) atoms. The third-order valence-electron chi connectivity index (χ3n) is 4.11. The monoisotopic (exact) mass is 472 g/mol. The maximum Gasteiger partial charge on any atom is 0.329 e. The Morgan fingerprint density at radius 3 is 2.31 bits per heavy atom. The fraction of sp³-hybridized carbons (Fsp3) is 0.200. The molecule has 1 fully saturated rings. The average molecular weight is 474 g/mol. The van der Waals surface area contributed by atoms with Gasteiger partial charge in [0, 0.05) is 6.54 Å². The van der Waals surface area contributed by atoms with E-state index in [-0.39, 0.29) is 28.3 Å². The predicted octanol–water partition coefficient (Wildman–Crippen LogP) is 6.18. The molecule has 0 radical (unpaired) electrons. The predicted molar refractivity (Wildman–Crippen MR) is 116 cm³/mol. The van der Waals surface area contributed by atoms with Crippen LogP contribution in [0.5, 0.6) is 5.75 Å². The fourth-order valence-corrected chi connectivity index (χ4v) is 3.68. The number of hydrogen-bond donors (Lipinski definition) is 1. The van der Waals surface area contributed by atoms with Crippen LogP contribution in [0.15, 0.2) is 36.0 Å². The van der Waals surface area contributed by atoms with Crippen LogP contribution in [0.1, 0.15) is 24.5 Å². The summed E-state index contributed by atoms with van der Waals surface area (Å²) >= 11 is 24.5. The van der Waals surface area contributed by atoms with Crippen LogP contribution in [0.25, 0.3) is 6.08 Å². The van der Waals surface area contributed by atoms with Crippen LogP contribution in [-0.2, 0) is 11.4 Å². The molecule has 2 aromatic rings. The molecule has 0 atom stereocenters. The van der Waals surface area contributed by atoms with E-state index in [1.807, 2.05) is 6.92 Å². The summed E-state index contributed by atoms with van der Waals surface area (Å²) in [5, 5.41) is 3.97. The molecule has 1 aliphatic heterocycles. The Bertz CT molecular complexity index is 984. The Morgan fingerprint density at radius 2 is 1.69 bits per heavy atom. The van der Waals surface area contributed by atoms with Crippen LogP contribution in [0.3, 0.4) is 0 Å². The van der Waals surface area contributed by atoms with Crippen LogP contribution in [0, 0.1) is 0 Å². The Kier molecular flexibility index (Phi) is 6.96. The third kappa shape index (κ3) is 4.98. The molecule has 5 nitrogen and oxygen atoms in total. The summed E-state index contributed by atoms with van der Waals surface area (Å²) in [6, 6.07) is 7.92. The highest BCUT2D eigenvalue weighted by Gasteiger charge is 2.32. The largest absolute Gasteiger partial charge is 0.486 e. The lowest BCUT2D eigenvalue weighted by atomic mass is 10.1. The fourth-order valence-electron chi connectivity index (χ4n) is 2.75. The van der Waals surface area contributed by atoms with Gasteiger partial charge in [-0.3, -0.25) is 9.69 Å². The summed E-state index contributed by atoms with van der Waals surface area (Å²) in [6.45, 7) is 2.43. The molecule has 3 amide bonds. The summed E-state index contributed by atoms with van der Waals surface area (Å²) in [4.78, 5) is 25.4. The first-order chi connectivity index (χ1) is 13.8. The number of ether oxygens (including phenoxy) is 1. The lowest BCUT2D eigenvalue weighted by Gasteiger charge is -2.12. The zero-order valence-corrected chi connectivity index (χ0v) is 18.3. The van der Waals surface area contributed by atoms with E-state index in [0.717, 1.165) is 10.5 Å². The van der Waals surface area contributed by atoms with Crippen molar-refractivity contribution in [1.29, 1.82) is 0 Å². The number of carbonyl (C=O) groups excluding carboxylic acids is 2. The van der Waals surface area contributed by atoms with Crippen molar-refractivity contribution >= 4 is 64.4 Å². The number of urea groups is 1. The van der Waals surface area contributed by atoms with E-state index in [9.17, 15) is 9.59 Å². The van der Waals surface area contributed by atoms with Crippen LogP contribution in [-0.4, -0.2) is 23.4 Å². The molecule has 0 aliphatic carbocycles. The molecule has 0 spiro atoms. The molecular formula is C20H16Cl4N2O3. The van der Waals surface area contributed by atoms with Gasteiger partial charge in [-0.2, -0.15) is 0 Å². The molecular weight excluding hydrogens is 458 g/mol. The number of carbonyl (C=O) groups is 2. The Balaban J connectivity index is 1.78. The molecule has 0 saturated carbocycles. The van der Waals surface area contributed by atoms with E-state index in [1.54, 1.807) is 30.3 Å². The molecule has 3 rings (SSSR count). The summed E-state index contributed by atoms with van der Waals surface area (Å²) in [5.74, 6) is -0.0833. The van der Waals surface area contributed by atoms with Crippen molar-refractivity contribution in [2.45, 2.75) is 20.0 Å². The first-order valence-corrected chi connectivity index (χ1v) is 10.2. The molecule has 1 aliphatic rings. The van der Waals surface area contributed by atoms with Gasteiger partial charge in [0.25, 0.3) is 5.91 Å². The highest BCUT2D eigenvalue weighted by atomic mass is 35.5.